The lowest BCUT2D eigenvalue weighted by Crippen LogP contribution is -2.43. The molecule has 0 aromatic carbocycles. The number of hydrogen-bond donors (Lipinski definition) is 1. The van der Waals surface area contributed by atoms with Gasteiger partial charge in [0.05, 0.1) is 0 Å². The van der Waals surface area contributed by atoms with Crippen molar-refractivity contribution in [1.29, 1.82) is 0 Å². The second kappa shape index (κ2) is 5.35. The summed E-state index contributed by atoms with van der Waals surface area (Å²) in [6.45, 7) is 6.35. The van der Waals surface area contributed by atoms with Gasteiger partial charge in [-0.1, -0.05) is 13.3 Å². The minimum Gasteiger partial charge on any atom is -0.316 e. The number of fused-ring (bicyclic) bond motifs is 2. The Labute approximate surface area is 116 Å². The molecule has 5 atom stereocenters. The Morgan fingerprint density at radius 2 is 2.21 bits per heavy atom. The molecular weight excluding hydrogens is 236 g/mol. The fourth-order valence-corrected chi connectivity index (χ4v) is 4.62. The molecule has 1 N–H and O–H groups in total. The van der Waals surface area contributed by atoms with E-state index in [1.807, 2.05) is 0 Å². The van der Waals surface area contributed by atoms with Crippen molar-refractivity contribution in [2.75, 3.05) is 13.1 Å². The largest absolute Gasteiger partial charge is 0.316 e. The molecule has 1 saturated carbocycles. The van der Waals surface area contributed by atoms with E-state index in [-0.39, 0.29) is 11.8 Å². The fourth-order valence-electron chi connectivity index (χ4n) is 4.62. The third-order valence-corrected chi connectivity index (χ3v) is 5.52. The summed E-state index contributed by atoms with van der Waals surface area (Å²) in [5.74, 6) is 3.38. The third kappa shape index (κ3) is 2.37. The van der Waals surface area contributed by atoms with Crippen LogP contribution in [-0.4, -0.2) is 30.6 Å². The zero-order chi connectivity index (χ0) is 13.4. The number of hydrogen-bond acceptors (Lipinski definition) is 3. The van der Waals surface area contributed by atoms with E-state index < -0.39 is 0 Å². The smallest absolute Gasteiger partial charge is 0.154 e. The van der Waals surface area contributed by atoms with Gasteiger partial charge in [-0.15, -0.1) is 0 Å². The molecule has 2 aliphatic heterocycles. The van der Waals surface area contributed by atoms with E-state index in [1.165, 1.54) is 31.5 Å². The number of carbonyl (C=O) groups is 1. The van der Waals surface area contributed by atoms with Gasteiger partial charge in [-0.05, 0) is 63.5 Å². The Kier molecular flexibility index (Phi) is 3.75. The molecule has 1 aliphatic carbocycles. The van der Waals surface area contributed by atoms with Crippen LogP contribution < -0.4 is 5.32 Å². The summed E-state index contributed by atoms with van der Waals surface area (Å²) in [5, 5.41) is 3.57. The van der Waals surface area contributed by atoms with Crippen LogP contribution in [-0.2, 0) is 4.79 Å². The predicted molar refractivity (Wildman–Crippen MR) is 77.5 cm³/mol. The predicted octanol–water partition coefficient (Wildman–Crippen LogP) is 2.45. The van der Waals surface area contributed by atoms with Gasteiger partial charge in [0.2, 0.25) is 0 Å². The first kappa shape index (κ1) is 13.3. The van der Waals surface area contributed by atoms with Crippen molar-refractivity contribution in [3.63, 3.8) is 0 Å². The van der Waals surface area contributed by atoms with Crippen LogP contribution in [0.1, 0.15) is 46.0 Å². The monoisotopic (exact) mass is 262 g/mol. The van der Waals surface area contributed by atoms with Crippen LogP contribution >= 0.6 is 0 Å². The standard InChI is InChI=1S/C16H26N2O/c1-3-4-12-13-5-6-15(10(2)19)18-16(13)7-11-8-17-9-14(11)12/h11-15,17H,3-9H2,1-2H3/t11-,12?,13?,14-,15?/m1/s1. The maximum Gasteiger partial charge on any atom is 0.154 e. The minimum atomic E-state index is -0.0283. The average molecular weight is 262 g/mol. The maximum absolute atomic E-state index is 11.6. The first-order valence-electron chi connectivity index (χ1n) is 7.98. The van der Waals surface area contributed by atoms with Crippen LogP contribution in [0.4, 0.5) is 0 Å². The van der Waals surface area contributed by atoms with Crippen molar-refractivity contribution in [1.82, 2.24) is 5.32 Å². The van der Waals surface area contributed by atoms with Gasteiger partial charge in [-0.25, -0.2) is 0 Å². The number of nitrogens with one attached hydrogen (secondary N) is 1. The van der Waals surface area contributed by atoms with Gasteiger partial charge in [0, 0.05) is 11.6 Å². The number of aliphatic imine (C=N–C) groups is 1. The van der Waals surface area contributed by atoms with E-state index in [2.05, 4.69) is 12.2 Å². The molecule has 0 bridgehead atoms. The van der Waals surface area contributed by atoms with Crippen molar-refractivity contribution < 1.29 is 4.79 Å². The zero-order valence-corrected chi connectivity index (χ0v) is 12.2. The number of ketones is 1. The van der Waals surface area contributed by atoms with Crippen LogP contribution in [0.15, 0.2) is 4.99 Å². The fraction of sp³-hybridized carbons (Fsp3) is 0.875. The molecule has 0 amide bonds. The van der Waals surface area contributed by atoms with Crippen LogP contribution in [0, 0.1) is 23.7 Å². The molecule has 3 rings (SSSR count). The Bertz CT molecular complexity index is 390. The van der Waals surface area contributed by atoms with E-state index in [0.717, 1.165) is 37.1 Å². The van der Waals surface area contributed by atoms with E-state index in [4.69, 9.17) is 4.99 Å². The first-order chi connectivity index (χ1) is 9.20. The highest BCUT2D eigenvalue weighted by Crippen LogP contribution is 2.45. The van der Waals surface area contributed by atoms with Crippen LogP contribution in [0.2, 0.25) is 0 Å². The maximum atomic E-state index is 11.6. The molecule has 2 fully saturated rings. The second-order valence-electron chi connectivity index (χ2n) is 6.67. The van der Waals surface area contributed by atoms with Crippen molar-refractivity contribution >= 4 is 11.5 Å². The highest BCUT2D eigenvalue weighted by atomic mass is 16.1. The number of carbonyl (C=O) groups excluding carboxylic acids is 1. The summed E-state index contributed by atoms with van der Waals surface area (Å²) in [5.41, 5.74) is 1.38. The van der Waals surface area contributed by atoms with Gasteiger partial charge in [0.15, 0.2) is 5.78 Å². The highest BCUT2D eigenvalue weighted by Gasteiger charge is 2.45. The normalized spacial score (nSPS) is 41.4. The third-order valence-electron chi connectivity index (χ3n) is 5.52. The molecule has 0 radical (unpaired) electrons. The molecule has 3 nitrogen and oxygen atoms in total. The number of rotatable bonds is 3. The summed E-state index contributed by atoms with van der Waals surface area (Å²) in [7, 11) is 0. The molecule has 106 valence electrons. The lowest BCUT2D eigenvalue weighted by atomic mass is 9.63. The van der Waals surface area contributed by atoms with Gasteiger partial charge in [-0.3, -0.25) is 9.79 Å². The summed E-state index contributed by atoms with van der Waals surface area (Å²) >= 11 is 0. The minimum absolute atomic E-state index is 0.0283. The van der Waals surface area contributed by atoms with E-state index in [1.54, 1.807) is 6.92 Å². The summed E-state index contributed by atoms with van der Waals surface area (Å²) in [6, 6.07) is -0.0283. The molecule has 1 saturated heterocycles. The molecule has 0 aromatic rings. The second-order valence-corrected chi connectivity index (χ2v) is 6.67. The van der Waals surface area contributed by atoms with Gasteiger partial charge in [0.25, 0.3) is 0 Å². The van der Waals surface area contributed by atoms with Gasteiger partial charge < -0.3 is 5.32 Å². The van der Waals surface area contributed by atoms with Gasteiger partial charge >= 0.3 is 0 Å². The molecule has 19 heavy (non-hydrogen) atoms. The van der Waals surface area contributed by atoms with Crippen molar-refractivity contribution in [3.05, 3.63) is 0 Å². The van der Waals surface area contributed by atoms with Gasteiger partial charge in [-0.2, -0.15) is 0 Å². The molecule has 2 heterocycles. The number of nitrogens with zero attached hydrogens (tertiary/aromatic N) is 1. The van der Waals surface area contributed by atoms with Crippen molar-refractivity contribution in [3.8, 4) is 0 Å². The van der Waals surface area contributed by atoms with Crippen molar-refractivity contribution in [2.45, 2.75) is 52.0 Å². The Hall–Kier alpha value is -0.700. The first-order valence-corrected chi connectivity index (χ1v) is 7.98. The summed E-state index contributed by atoms with van der Waals surface area (Å²) in [6.07, 6.45) is 5.92. The Morgan fingerprint density at radius 3 is 2.95 bits per heavy atom. The molecule has 3 heteroatoms. The van der Waals surface area contributed by atoms with Crippen molar-refractivity contribution in [2.24, 2.45) is 28.7 Å². The molecule has 3 unspecified atom stereocenters. The van der Waals surface area contributed by atoms with E-state index >= 15 is 0 Å². The Morgan fingerprint density at radius 1 is 1.37 bits per heavy atom. The topological polar surface area (TPSA) is 41.5 Å². The lowest BCUT2D eigenvalue weighted by Gasteiger charge is -2.43. The molecule has 0 aromatic heterocycles. The zero-order valence-electron chi connectivity index (χ0n) is 12.2. The quantitative estimate of drug-likeness (QED) is 0.849. The number of Topliss-reactive ketones (excluding diaryl/α,β-unsaturated/α-hetero) is 1. The van der Waals surface area contributed by atoms with Crippen LogP contribution in [0.5, 0.6) is 0 Å². The lowest BCUT2D eigenvalue weighted by molar-refractivity contribution is -0.118. The van der Waals surface area contributed by atoms with Crippen LogP contribution in [0.3, 0.4) is 0 Å². The van der Waals surface area contributed by atoms with E-state index in [9.17, 15) is 4.79 Å². The summed E-state index contributed by atoms with van der Waals surface area (Å²) < 4.78 is 0. The molecule has 3 aliphatic rings. The van der Waals surface area contributed by atoms with Crippen LogP contribution in [0.25, 0.3) is 0 Å². The molecular formula is C16H26N2O. The SMILES string of the molecule is CCCC1C2CCC(C(C)=O)N=C2C[C@@H]2CNC[C@@H]12. The average Bonchev–Trinajstić information content (AvgIpc) is 2.85. The highest BCUT2D eigenvalue weighted by molar-refractivity contribution is 5.93. The van der Waals surface area contributed by atoms with E-state index in [0.29, 0.717) is 5.92 Å². The Balaban J connectivity index is 1.85. The summed E-state index contributed by atoms with van der Waals surface area (Å²) in [4.78, 5) is 16.4. The van der Waals surface area contributed by atoms with Gasteiger partial charge in [0.1, 0.15) is 6.04 Å². The molecule has 0 spiro atoms.